The van der Waals surface area contributed by atoms with Crippen molar-refractivity contribution in [1.29, 1.82) is 0 Å². The molecule has 0 saturated carbocycles. The van der Waals surface area contributed by atoms with Gasteiger partial charge in [-0.05, 0) is 31.6 Å². The van der Waals surface area contributed by atoms with Crippen molar-refractivity contribution in [1.82, 2.24) is 20.4 Å². The van der Waals surface area contributed by atoms with Gasteiger partial charge in [-0.1, -0.05) is 26.0 Å². The number of fused-ring (bicyclic) bond motifs is 1. The molecule has 1 amide bonds. The predicted octanol–water partition coefficient (Wildman–Crippen LogP) is 1.59. The highest BCUT2D eigenvalue weighted by molar-refractivity contribution is 6.04. The van der Waals surface area contributed by atoms with E-state index in [0.29, 0.717) is 17.7 Å². The van der Waals surface area contributed by atoms with E-state index in [2.05, 4.69) is 34.3 Å². The van der Waals surface area contributed by atoms with E-state index in [0.717, 1.165) is 30.6 Å². The number of hydrogen-bond donors (Lipinski definition) is 2. The summed E-state index contributed by atoms with van der Waals surface area (Å²) >= 11 is 0. The standard InChI is InChI=1S/C16H23N5O/c1-4-21(5-2)9-8-18-16(22)15-14(17)12-7-6-11(3)10-13(12)19-20-15/h6-7,10H,4-5,8-9H2,1-3H3,(H2,17,19)(H,18,22). The summed E-state index contributed by atoms with van der Waals surface area (Å²) in [5.41, 5.74) is 8.44. The average molecular weight is 301 g/mol. The van der Waals surface area contributed by atoms with E-state index in [1.807, 2.05) is 25.1 Å². The van der Waals surface area contributed by atoms with Crippen LogP contribution in [0.2, 0.25) is 0 Å². The first-order valence-corrected chi connectivity index (χ1v) is 7.59. The third kappa shape index (κ3) is 3.51. The van der Waals surface area contributed by atoms with E-state index in [-0.39, 0.29) is 11.6 Å². The number of benzene rings is 1. The maximum atomic E-state index is 12.2. The van der Waals surface area contributed by atoms with Crippen molar-refractivity contribution in [2.24, 2.45) is 0 Å². The highest BCUT2D eigenvalue weighted by Crippen LogP contribution is 2.21. The smallest absolute Gasteiger partial charge is 0.274 e. The summed E-state index contributed by atoms with van der Waals surface area (Å²) in [5.74, 6) is -0.278. The Morgan fingerprint density at radius 1 is 1.27 bits per heavy atom. The SMILES string of the molecule is CCN(CC)CCNC(=O)c1nnc2cc(C)ccc2c1N. The highest BCUT2D eigenvalue weighted by atomic mass is 16.1. The number of nitrogens with zero attached hydrogens (tertiary/aromatic N) is 3. The summed E-state index contributed by atoms with van der Waals surface area (Å²) in [6.45, 7) is 9.46. The number of amides is 1. The Kier molecular flexibility index (Phi) is 5.27. The minimum atomic E-state index is -0.278. The number of aryl methyl sites for hydroxylation is 1. The molecular formula is C16H23N5O. The van der Waals surface area contributed by atoms with E-state index < -0.39 is 0 Å². The van der Waals surface area contributed by atoms with Gasteiger partial charge in [-0.25, -0.2) is 0 Å². The van der Waals surface area contributed by atoms with Crippen LogP contribution >= 0.6 is 0 Å². The van der Waals surface area contributed by atoms with Gasteiger partial charge < -0.3 is 16.0 Å². The third-order valence-corrected chi connectivity index (χ3v) is 3.78. The second-order valence-corrected chi connectivity index (χ2v) is 5.27. The number of carbonyl (C=O) groups is 1. The Balaban J connectivity index is 2.11. The van der Waals surface area contributed by atoms with Crippen molar-refractivity contribution in [2.45, 2.75) is 20.8 Å². The quantitative estimate of drug-likeness (QED) is 0.846. The average Bonchev–Trinajstić information content (AvgIpc) is 2.51. The molecule has 1 aromatic heterocycles. The van der Waals surface area contributed by atoms with Gasteiger partial charge in [0.2, 0.25) is 0 Å². The van der Waals surface area contributed by atoms with Gasteiger partial charge in [-0.3, -0.25) is 4.79 Å². The fourth-order valence-corrected chi connectivity index (χ4v) is 2.36. The summed E-state index contributed by atoms with van der Waals surface area (Å²) < 4.78 is 0. The van der Waals surface area contributed by atoms with Crippen LogP contribution in [0.5, 0.6) is 0 Å². The molecule has 2 aromatic rings. The molecule has 0 aliphatic heterocycles. The van der Waals surface area contributed by atoms with Gasteiger partial charge >= 0.3 is 0 Å². The minimum Gasteiger partial charge on any atom is -0.396 e. The summed E-state index contributed by atoms with van der Waals surface area (Å²) in [4.78, 5) is 14.5. The van der Waals surface area contributed by atoms with Crippen molar-refractivity contribution in [3.8, 4) is 0 Å². The largest absolute Gasteiger partial charge is 0.396 e. The van der Waals surface area contributed by atoms with Crippen LogP contribution in [0.1, 0.15) is 29.9 Å². The number of anilines is 1. The van der Waals surface area contributed by atoms with Gasteiger partial charge in [-0.15, -0.1) is 10.2 Å². The Hall–Kier alpha value is -2.21. The molecule has 22 heavy (non-hydrogen) atoms. The van der Waals surface area contributed by atoms with Crippen molar-refractivity contribution in [3.63, 3.8) is 0 Å². The predicted molar refractivity (Wildman–Crippen MR) is 88.8 cm³/mol. The van der Waals surface area contributed by atoms with E-state index in [1.54, 1.807) is 0 Å². The van der Waals surface area contributed by atoms with Crippen molar-refractivity contribution in [2.75, 3.05) is 31.9 Å². The molecular weight excluding hydrogens is 278 g/mol. The van der Waals surface area contributed by atoms with Gasteiger partial charge in [0.05, 0.1) is 11.2 Å². The first kappa shape index (κ1) is 16.2. The fourth-order valence-electron chi connectivity index (χ4n) is 2.36. The summed E-state index contributed by atoms with van der Waals surface area (Å²) in [6.07, 6.45) is 0. The van der Waals surface area contributed by atoms with E-state index in [9.17, 15) is 4.79 Å². The zero-order valence-electron chi connectivity index (χ0n) is 13.4. The summed E-state index contributed by atoms with van der Waals surface area (Å²) in [6, 6.07) is 5.73. The number of rotatable bonds is 6. The molecule has 0 radical (unpaired) electrons. The maximum absolute atomic E-state index is 12.2. The molecule has 1 aromatic carbocycles. The van der Waals surface area contributed by atoms with Crippen LogP contribution in [-0.2, 0) is 0 Å². The molecule has 0 bridgehead atoms. The molecule has 0 atom stereocenters. The molecule has 0 saturated heterocycles. The van der Waals surface area contributed by atoms with Gasteiger partial charge in [0.15, 0.2) is 5.69 Å². The summed E-state index contributed by atoms with van der Waals surface area (Å²) in [7, 11) is 0. The second kappa shape index (κ2) is 7.17. The molecule has 0 unspecified atom stereocenters. The molecule has 3 N–H and O–H groups in total. The van der Waals surface area contributed by atoms with E-state index in [1.165, 1.54) is 0 Å². The van der Waals surface area contributed by atoms with Crippen LogP contribution in [0.4, 0.5) is 5.69 Å². The number of nitrogens with one attached hydrogen (secondary N) is 1. The molecule has 2 rings (SSSR count). The van der Waals surface area contributed by atoms with Gasteiger partial charge in [0, 0.05) is 18.5 Å². The van der Waals surface area contributed by atoms with E-state index in [4.69, 9.17) is 5.73 Å². The zero-order valence-corrected chi connectivity index (χ0v) is 13.4. The third-order valence-electron chi connectivity index (χ3n) is 3.78. The van der Waals surface area contributed by atoms with Crippen LogP contribution in [-0.4, -0.2) is 47.2 Å². The van der Waals surface area contributed by atoms with E-state index >= 15 is 0 Å². The molecule has 6 heteroatoms. The van der Waals surface area contributed by atoms with Crippen LogP contribution in [0.3, 0.4) is 0 Å². The van der Waals surface area contributed by atoms with Crippen LogP contribution in [0, 0.1) is 6.92 Å². The van der Waals surface area contributed by atoms with Crippen LogP contribution in [0.15, 0.2) is 18.2 Å². The Morgan fingerprint density at radius 2 is 2.00 bits per heavy atom. The number of likely N-dealkylation sites (N-methyl/N-ethyl adjacent to an activating group) is 1. The molecule has 0 fully saturated rings. The van der Waals surface area contributed by atoms with Gasteiger partial charge in [-0.2, -0.15) is 0 Å². The Bertz CT molecular complexity index is 667. The van der Waals surface area contributed by atoms with Crippen molar-refractivity contribution in [3.05, 3.63) is 29.5 Å². The monoisotopic (exact) mass is 301 g/mol. The lowest BCUT2D eigenvalue weighted by Crippen LogP contribution is -2.35. The summed E-state index contributed by atoms with van der Waals surface area (Å²) in [5, 5.41) is 11.7. The lowest BCUT2D eigenvalue weighted by molar-refractivity contribution is 0.0944. The molecule has 1 heterocycles. The normalized spacial score (nSPS) is 11.1. The number of carbonyl (C=O) groups excluding carboxylic acids is 1. The lowest BCUT2D eigenvalue weighted by Gasteiger charge is -2.18. The topological polar surface area (TPSA) is 84.1 Å². The van der Waals surface area contributed by atoms with Crippen molar-refractivity contribution >= 4 is 22.5 Å². The zero-order chi connectivity index (χ0) is 16.1. The molecule has 0 spiro atoms. The maximum Gasteiger partial charge on any atom is 0.274 e. The molecule has 6 nitrogen and oxygen atoms in total. The van der Waals surface area contributed by atoms with Crippen LogP contribution < -0.4 is 11.1 Å². The number of nitrogen functional groups attached to an aromatic ring is 1. The first-order valence-electron chi connectivity index (χ1n) is 7.59. The number of hydrogen-bond acceptors (Lipinski definition) is 5. The van der Waals surface area contributed by atoms with Gasteiger partial charge in [0.1, 0.15) is 0 Å². The molecule has 118 valence electrons. The Labute approximate surface area is 130 Å². The van der Waals surface area contributed by atoms with Crippen LogP contribution in [0.25, 0.3) is 10.9 Å². The lowest BCUT2D eigenvalue weighted by atomic mass is 10.1. The second-order valence-electron chi connectivity index (χ2n) is 5.27. The fraction of sp³-hybridized carbons (Fsp3) is 0.438. The highest BCUT2D eigenvalue weighted by Gasteiger charge is 2.15. The molecule has 0 aliphatic rings. The minimum absolute atomic E-state index is 0.191. The number of aromatic nitrogens is 2. The Morgan fingerprint density at radius 3 is 2.68 bits per heavy atom. The number of nitrogens with two attached hydrogens (primary N) is 1. The van der Waals surface area contributed by atoms with Crippen molar-refractivity contribution < 1.29 is 4.79 Å². The molecule has 0 aliphatic carbocycles. The van der Waals surface area contributed by atoms with Gasteiger partial charge in [0.25, 0.3) is 5.91 Å². The first-order chi connectivity index (χ1) is 10.6.